The average molecular weight is 247 g/mol. The highest BCUT2D eigenvalue weighted by Crippen LogP contribution is 2.15. The molecule has 1 aromatic carbocycles. The standard InChI is InChI=1S/C13H11ClN2O/c14-13-7-2-1-5-11(13)10-17-16-9-12-6-3-4-8-15-12/h1-9H,10H2/b16-9+. The first-order chi connectivity index (χ1) is 8.36. The van der Waals surface area contributed by atoms with Crippen molar-refractivity contribution in [3.63, 3.8) is 0 Å². The van der Waals surface area contributed by atoms with E-state index in [1.807, 2.05) is 42.5 Å². The summed E-state index contributed by atoms with van der Waals surface area (Å²) in [6, 6.07) is 13.1. The minimum atomic E-state index is 0.350. The van der Waals surface area contributed by atoms with E-state index in [0.717, 1.165) is 11.3 Å². The number of rotatable bonds is 4. The van der Waals surface area contributed by atoms with Gasteiger partial charge in [0.1, 0.15) is 6.61 Å². The zero-order valence-electron chi connectivity index (χ0n) is 9.08. The Bertz CT molecular complexity index is 500. The number of pyridine rings is 1. The number of nitrogens with zero attached hydrogens (tertiary/aromatic N) is 2. The van der Waals surface area contributed by atoms with Crippen LogP contribution in [-0.2, 0) is 11.4 Å². The van der Waals surface area contributed by atoms with Gasteiger partial charge in [-0.2, -0.15) is 0 Å². The van der Waals surface area contributed by atoms with Gasteiger partial charge in [0.25, 0.3) is 0 Å². The lowest BCUT2D eigenvalue weighted by atomic mass is 10.2. The molecule has 4 heteroatoms. The minimum absolute atomic E-state index is 0.350. The van der Waals surface area contributed by atoms with Crippen LogP contribution in [0.2, 0.25) is 5.02 Å². The number of aromatic nitrogens is 1. The molecule has 86 valence electrons. The lowest BCUT2D eigenvalue weighted by Crippen LogP contribution is -1.90. The first-order valence-corrected chi connectivity index (χ1v) is 5.54. The highest BCUT2D eigenvalue weighted by molar-refractivity contribution is 6.31. The second kappa shape index (κ2) is 6.01. The van der Waals surface area contributed by atoms with Crippen LogP contribution in [0.15, 0.2) is 53.8 Å². The molecule has 0 amide bonds. The largest absolute Gasteiger partial charge is 0.391 e. The predicted molar refractivity (Wildman–Crippen MR) is 68.1 cm³/mol. The second-order valence-corrected chi connectivity index (χ2v) is 3.76. The highest BCUT2D eigenvalue weighted by Gasteiger charge is 1.97. The molecule has 2 rings (SSSR count). The molecule has 0 N–H and O–H groups in total. The Morgan fingerprint density at radius 2 is 2.00 bits per heavy atom. The van der Waals surface area contributed by atoms with Gasteiger partial charge in [0, 0.05) is 16.8 Å². The predicted octanol–water partition coefficient (Wildman–Crippen LogP) is 3.29. The third kappa shape index (κ3) is 3.57. The lowest BCUT2D eigenvalue weighted by molar-refractivity contribution is 0.132. The van der Waals surface area contributed by atoms with E-state index in [-0.39, 0.29) is 0 Å². The summed E-state index contributed by atoms with van der Waals surface area (Å²) in [7, 11) is 0. The molecular weight excluding hydrogens is 236 g/mol. The summed E-state index contributed by atoms with van der Waals surface area (Å²) >= 11 is 5.98. The maximum absolute atomic E-state index is 5.98. The lowest BCUT2D eigenvalue weighted by Gasteiger charge is -2.01. The van der Waals surface area contributed by atoms with Crippen LogP contribution in [0.3, 0.4) is 0 Å². The molecule has 3 nitrogen and oxygen atoms in total. The van der Waals surface area contributed by atoms with Gasteiger partial charge in [-0.1, -0.05) is 41.0 Å². The maximum atomic E-state index is 5.98. The van der Waals surface area contributed by atoms with Gasteiger partial charge in [0.05, 0.1) is 11.9 Å². The van der Waals surface area contributed by atoms with Crippen LogP contribution < -0.4 is 0 Å². The van der Waals surface area contributed by atoms with Crippen LogP contribution in [0.4, 0.5) is 0 Å². The number of benzene rings is 1. The summed E-state index contributed by atoms with van der Waals surface area (Å²) in [6.07, 6.45) is 3.27. The quantitative estimate of drug-likeness (QED) is 0.613. The third-order valence-corrected chi connectivity index (χ3v) is 2.49. The molecule has 0 fully saturated rings. The normalized spacial score (nSPS) is 10.6. The zero-order valence-corrected chi connectivity index (χ0v) is 9.84. The number of oxime groups is 1. The maximum Gasteiger partial charge on any atom is 0.143 e. The summed E-state index contributed by atoms with van der Waals surface area (Å²) in [6.45, 7) is 0.350. The minimum Gasteiger partial charge on any atom is -0.391 e. The summed E-state index contributed by atoms with van der Waals surface area (Å²) in [5.74, 6) is 0. The summed E-state index contributed by atoms with van der Waals surface area (Å²) in [4.78, 5) is 9.23. The van der Waals surface area contributed by atoms with E-state index in [1.54, 1.807) is 12.4 Å². The molecule has 17 heavy (non-hydrogen) atoms. The van der Waals surface area contributed by atoms with Crippen LogP contribution in [0.25, 0.3) is 0 Å². The van der Waals surface area contributed by atoms with Crippen molar-refractivity contribution in [3.05, 3.63) is 64.9 Å². The molecule has 1 aromatic heterocycles. The fourth-order valence-electron chi connectivity index (χ4n) is 1.27. The van der Waals surface area contributed by atoms with Gasteiger partial charge < -0.3 is 4.84 Å². The third-order valence-electron chi connectivity index (χ3n) is 2.13. The van der Waals surface area contributed by atoms with Crippen molar-refractivity contribution in [2.75, 3.05) is 0 Å². The van der Waals surface area contributed by atoms with Gasteiger partial charge in [-0.25, -0.2) is 0 Å². The van der Waals surface area contributed by atoms with Crippen LogP contribution in [0.1, 0.15) is 11.3 Å². The van der Waals surface area contributed by atoms with Crippen molar-refractivity contribution in [3.8, 4) is 0 Å². The van der Waals surface area contributed by atoms with Crippen molar-refractivity contribution in [1.29, 1.82) is 0 Å². The van der Waals surface area contributed by atoms with Crippen molar-refractivity contribution in [2.24, 2.45) is 5.16 Å². The Labute approximate surface area is 105 Å². The molecule has 0 saturated carbocycles. The van der Waals surface area contributed by atoms with Gasteiger partial charge in [-0.05, 0) is 18.2 Å². The van der Waals surface area contributed by atoms with Crippen molar-refractivity contribution < 1.29 is 4.84 Å². The van der Waals surface area contributed by atoms with E-state index < -0.39 is 0 Å². The number of hydrogen-bond acceptors (Lipinski definition) is 3. The number of halogens is 1. The molecule has 0 bridgehead atoms. The molecule has 0 unspecified atom stereocenters. The number of hydrogen-bond donors (Lipinski definition) is 0. The Morgan fingerprint density at radius 1 is 1.18 bits per heavy atom. The summed E-state index contributed by atoms with van der Waals surface area (Å²) in [5, 5.41) is 4.51. The Hall–Kier alpha value is -1.87. The monoisotopic (exact) mass is 246 g/mol. The van der Waals surface area contributed by atoms with Crippen molar-refractivity contribution in [2.45, 2.75) is 6.61 Å². The molecule has 0 spiro atoms. The van der Waals surface area contributed by atoms with E-state index >= 15 is 0 Å². The average Bonchev–Trinajstić information content (AvgIpc) is 2.38. The molecule has 1 heterocycles. The summed E-state index contributed by atoms with van der Waals surface area (Å²) < 4.78 is 0. The zero-order chi connectivity index (χ0) is 11.9. The van der Waals surface area contributed by atoms with E-state index in [0.29, 0.717) is 11.6 Å². The van der Waals surface area contributed by atoms with E-state index in [1.165, 1.54) is 0 Å². The van der Waals surface area contributed by atoms with Gasteiger partial charge in [-0.3, -0.25) is 4.98 Å². The van der Waals surface area contributed by atoms with E-state index in [9.17, 15) is 0 Å². The van der Waals surface area contributed by atoms with Crippen molar-refractivity contribution in [1.82, 2.24) is 4.98 Å². The molecule has 0 aliphatic heterocycles. The van der Waals surface area contributed by atoms with E-state index in [2.05, 4.69) is 10.1 Å². The first kappa shape index (κ1) is 11.6. The van der Waals surface area contributed by atoms with Gasteiger partial charge in [-0.15, -0.1) is 0 Å². The van der Waals surface area contributed by atoms with Crippen LogP contribution in [0, 0.1) is 0 Å². The topological polar surface area (TPSA) is 34.5 Å². The van der Waals surface area contributed by atoms with Crippen LogP contribution in [-0.4, -0.2) is 11.2 Å². The fraction of sp³-hybridized carbons (Fsp3) is 0.0769. The Kier molecular flexibility index (Phi) is 4.11. The SMILES string of the molecule is Clc1ccccc1CO/N=C/c1ccccn1. The summed E-state index contributed by atoms with van der Waals surface area (Å²) in [5.41, 5.74) is 1.67. The van der Waals surface area contributed by atoms with Gasteiger partial charge in [0.15, 0.2) is 0 Å². The molecule has 0 aliphatic rings. The smallest absolute Gasteiger partial charge is 0.143 e. The molecule has 0 atom stereocenters. The fourth-order valence-corrected chi connectivity index (χ4v) is 1.46. The second-order valence-electron chi connectivity index (χ2n) is 3.35. The molecule has 0 aliphatic carbocycles. The molecule has 0 radical (unpaired) electrons. The molecule has 2 aromatic rings. The van der Waals surface area contributed by atoms with Crippen LogP contribution in [0.5, 0.6) is 0 Å². The van der Waals surface area contributed by atoms with Gasteiger partial charge >= 0.3 is 0 Å². The van der Waals surface area contributed by atoms with E-state index in [4.69, 9.17) is 16.4 Å². The van der Waals surface area contributed by atoms with Gasteiger partial charge in [0.2, 0.25) is 0 Å². The molecular formula is C13H11ClN2O. The molecule has 0 saturated heterocycles. The Balaban J connectivity index is 1.88. The van der Waals surface area contributed by atoms with Crippen LogP contribution >= 0.6 is 11.6 Å². The van der Waals surface area contributed by atoms with Crippen molar-refractivity contribution >= 4 is 17.8 Å². The highest BCUT2D eigenvalue weighted by atomic mass is 35.5. The first-order valence-electron chi connectivity index (χ1n) is 5.16. The Morgan fingerprint density at radius 3 is 2.76 bits per heavy atom.